The molecule has 0 bridgehead atoms. The number of benzene rings is 1. The van der Waals surface area contributed by atoms with Crippen LogP contribution in [0.5, 0.6) is 5.75 Å². The van der Waals surface area contributed by atoms with Gasteiger partial charge in [0.1, 0.15) is 5.75 Å². The lowest BCUT2D eigenvalue weighted by molar-refractivity contribution is 0.473. The van der Waals surface area contributed by atoms with Crippen molar-refractivity contribution in [3.63, 3.8) is 0 Å². The molecule has 0 atom stereocenters. The predicted octanol–water partition coefficient (Wildman–Crippen LogP) is 8.76. The molecule has 1 heteroatoms. The van der Waals surface area contributed by atoms with Crippen LogP contribution in [0.1, 0.15) is 109 Å². The van der Waals surface area contributed by atoms with E-state index in [2.05, 4.69) is 26.0 Å². The van der Waals surface area contributed by atoms with E-state index in [9.17, 15) is 0 Å². The van der Waals surface area contributed by atoms with Gasteiger partial charge >= 0.3 is 0 Å². The summed E-state index contributed by atoms with van der Waals surface area (Å²) in [6.07, 6.45) is 25.0. The molecule has 0 spiro atoms. The van der Waals surface area contributed by atoms with Crippen molar-refractivity contribution in [1.82, 2.24) is 0 Å². The van der Waals surface area contributed by atoms with Gasteiger partial charge < -0.3 is 4.74 Å². The van der Waals surface area contributed by atoms with E-state index in [4.69, 9.17) is 4.74 Å². The summed E-state index contributed by atoms with van der Waals surface area (Å²) in [5.74, 6) is 0.963. The van der Waals surface area contributed by atoms with Gasteiger partial charge in [-0.15, -0.1) is 0 Å². The smallest absolute Gasteiger partial charge is 0.129 e. The van der Waals surface area contributed by atoms with Crippen LogP contribution in [-0.4, -0.2) is 0 Å². The summed E-state index contributed by atoms with van der Waals surface area (Å²) in [5, 5.41) is 0. The fourth-order valence-electron chi connectivity index (χ4n) is 3.33. The second-order valence-electron chi connectivity index (χ2n) is 7.64. The van der Waals surface area contributed by atoms with E-state index in [-0.39, 0.29) is 0 Å². The summed E-state index contributed by atoms with van der Waals surface area (Å²) >= 11 is 0. The highest BCUT2D eigenvalue weighted by Gasteiger charge is 1.95. The van der Waals surface area contributed by atoms with Crippen LogP contribution in [0.2, 0.25) is 0 Å². The zero-order chi connectivity index (χ0) is 18.7. The Bertz CT molecular complexity index is 449. The van der Waals surface area contributed by atoms with E-state index in [0.29, 0.717) is 0 Å². The Morgan fingerprint density at radius 2 is 1.19 bits per heavy atom. The highest BCUT2D eigenvalue weighted by molar-refractivity contribution is 5.32. The van der Waals surface area contributed by atoms with Crippen molar-refractivity contribution >= 4 is 0 Å². The van der Waals surface area contributed by atoms with Gasteiger partial charge in [-0.2, -0.15) is 0 Å². The zero-order valence-electron chi connectivity index (χ0n) is 17.5. The summed E-state index contributed by atoms with van der Waals surface area (Å²) in [7, 11) is 0. The largest absolute Gasteiger partial charge is 0.465 e. The van der Waals surface area contributed by atoms with Crippen LogP contribution in [0.4, 0.5) is 0 Å². The van der Waals surface area contributed by atoms with Crippen LogP contribution < -0.4 is 4.74 Å². The number of para-hydroxylation sites is 1. The SMILES string of the molecule is CCCCCCCCCCCCCCCCC=COc1ccccc1C. The summed E-state index contributed by atoms with van der Waals surface area (Å²) in [4.78, 5) is 0. The summed E-state index contributed by atoms with van der Waals surface area (Å²) in [6, 6.07) is 8.16. The number of rotatable bonds is 17. The molecule has 0 saturated heterocycles. The highest BCUT2D eigenvalue weighted by atomic mass is 16.5. The van der Waals surface area contributed by atoms with Crippen LogP contribution in [0, 0.1) is 6.92 Å². The Hall–Kier alpha value is -1.24. The van der Waals surface area contributed by atoms with Gasteiger partial charge in [-0.3, -0.25) is 0 Å². The second-order valence-corrected chi connectivity index (χ2v) is 7.64. The van der Waals surface area contributed by atoms with E-state index < -0.39 is 0 Å². The molecule has 0 fully saturated rings. The van der Waals surface area contributed by atoms with Gasteiger partial charge in [-0.1, -0.05) is 109 Å². The fourth-order valence-corrected chi connectivity index (χ4v) is 3.33. The number of allylic oxidation sites excluding steroid dienone is 1. The highest BCUT2D eigenvalue weighted by Crippen LogP contribution is 2.17. The van der Waals surface area contributed by atoms with Gasteiger partial charge in [0.2, 0.25) is 0 Å². The average Bonchev–Trinajstić information content (AvgIpc) is 2.65. The Labute approximate surface area is 163 Å². The Balaban J connectivity index is 1.79. The van der Waals surface area contributed by atoms with Crippen molar-refractivity contribution in [2.75, 3.05) is 0 Å². The first-order valence-corrected chi connectivity index (χ1v) is 11.2. The minimum Gasteiger partial charge on any atom is -0.465 e. The molecule has 0 heterocycles. The quantitative estimate of drug-likeness (QED) is 0.200. The maximum atomic E-state index is 5.68. The number of aryl methyl sites for hydroxylation is 1. The number of hydrogen-bond acceptors (Lipinski definition) is 1. The molecule has 0 N–H and O–H groups in total. The Kier molecular flexibility index (Phi) is 15.1. The van der Waals surface area contributed by atoms with E-state index in [1.54, 1.807) is 0 Å². The normalized spacial score (nSPS) is 11.3. The average molecular weight is 359 g/mol. The van der Waals surface area contributed by atoms with Gasteiger partial charge in [0.15, 0.2) is 0 Å². The van der Waals surface area contributed by atoms with Crippen LogP contribution in [-0.2, 0) is 0 Å². The molecule has 1 rings (SSSR count). The van der Waals surface area contributed by atoms with Gasteiger partial charge in [-0.25, -0.2) is 0 Å². The molecule has 0 aliphatic carbocycles. The van der Waals surface area contributed by atoms with Crippen molar-refractivity contribution in [3.05, 3.63) is 42.2 Å². The first kappa shape index (κ1) is 22.8. The molecular weight excluding hydrogens is 316 g/mol. The number of ether oxygens (including phenoxy) is 1. The number of hydrogen-bond donors (Lipinski definition) is 0. The summed E-state index contributed by atoms with van der Waals surface area (Å²) < 4.78 is 5.68. The Morgan fingerprint density at radius 3 is 1.73 bits per heavy atom. The molecule has 0 unspecified atom stereocenters. The lowest BCUT2D eigenvalue weighted by Gasteiger charge is -2.03. The summed E-state index contributed by atoms with van der Waals surface area (Å²) in [5.41, 5.74) is 1.19. The number of unbranched alkanes of at least 4 members (excludes halogenated alkanes) is 14. The molecule has 0 saturated carbocycles. The molecule has 0 radical (unpaired) electrons. The molecule has 0 amide bonds. The van der Waals surface area contributed by atoms with Gasteiger partial charge in [0.25, 0.3) is 0 Å². The van der Waals surface area contributed by atoms with Gasteiger partial charge in [0.05, 0.1) is 6.26 Å². The third-order valence-corrected chi connectivity index (χ3v) is 5.11. The minimum atomic E-state index is 0.963. The van der Waals surface area contributed by atoms with E-state index >= 15 is 0 Å². The first-order chi connectivity index (χ1) is 12.8. The van der Waals surface area contributed by atoms with Crippen molar-refractivity contribution in [1.29, 1.82) is 0 Å². The second kappa shape index (κ2) is 17.2. The maximum absolute atomic E-state index is 5.68. The van der Waals surface area contributed by atoms with E-state index in [1.807, 2.05) is 24.5 Å². The lowest BCUT2D eigenvalue weighted by Crippen LogP contribution is -1.85. The topological polar surface area (TPSA) is 9.23 Å². The zero-order valence-corrected chi connectivity index (χ0v) is 17.5. The standard InChI is InChI=1S/C25H42O/c1-3-4-5-6-7-8-9-10-11-12-13-14-15-16-17-20-23-26-25-22-19-18-21-24(25)2/h18-23H,3-17H2,1-2H3. The third-order valence-electron chi connectivity index (χ3n) is 5.11. The lowest BCUT2D eigenvalue weighted by atomic mass is 10.0. The molecule has 1 aromatic carbocycles. The van der Waals surface area contributed by atoms with E-state index in [1.165, 1.54) is 95.5 Å². The fraction of sp³-hybridized carbons (Fsp3) is 0.680. The van der Waals surface area contributed by atoms with E-state index in [0.717, 1.165) is 12.2 Å². The molecule has 148 valence electrons. The molecular formula is C25H42O. The van der Waals surface area contributed by atoms with Crippen LogP contribution in [0.3, 0.4) is 0 Å². The van der Waals surface area contributed by atoms with Crippen molar-refractivity contribution in [3.8, 4) is 5.75 Å². The van der Waals surface area contributed by atoms with Crippen molar-refractivity contribution in [2.24, 2.45) is 0 Å². The van der Waals surface area contributed by atoms with Gasteiger partial charge in [0, 0.05) is 0 Å². The first-order valence-electron chi connectivity index (χ1n) is 11.2. The molecule has 26 heavy (non-hydrogen) atoms. The monoisotopic (exact) mass is 358 g/mol. The van der Waals surface area contributed by atoms with Crippen LogP contribution in [0.25, 0.3) is 0 Å². The van der Waals surface area contributed by atoms with Crippen LogP contribution in [0.15, 0.2) is 36.6 Å². The van der Waals surface area contributed by atoms with Gasteiger partial charge in [-0.05, 0) is 37.5 Å². The van der Waals surface area contributed by atoms with Crippen LogP contribution >= 0.6 is 0 Å². The van der Waals surface area contributed by atoms with Crippen molar-refractivity contribution in [2.45, 2.75) is 110 Å². The molecule has 1 aromatic rings. The minimum absolute atomic E-state index is 0.963. The molecule has 0 aliphatic heterocycles. The summed E-state index contributed by atoms with van der Waals surface area (Å²) in [6.45, 7) is 4.37. The molecule has 0 aromatic heterocycles. The Morgan fingerprint density at radius 1 is 0.692 bits per heavy atom. The molecule has 0 aliphatic rings. The van der Waals surface area contributed by atoms with Crippen molar-refractivity contribution < 1.29 is 4.74 Å². The maximum Gasteiger partial charge on any atom is 0.129 e. The predicted molar refractivity (Wildman–Crippen MR) is 116 cm³/mol. The molecule has 1 nitrogen and oxygen atoms in total. The third kappa shape index (κ3) is 13.0.